The van der Waals surface area contributed by atoms with Gasteiger partial charge in [-0.05, 0) is 0 Å². The first-order chi connectivity index (χ1) is 8.75. The molecule has 0 heterocycles. The summed E-state index contributed by atoms with van der Waals surface area (Å²) >= 11 is 0. The minimum Gasteiger partial charge on any atom is -0.567 e. The van der Waals surface area contributed by atoms with Crippen LogP contribution >= 0.6 is 0 Å². The van der Waals surface area contributed by atoms with Crippen LogP contribution < -0.4 is 0 Å². The largest absolute Gasteiger partial charge is 0.567 e. The molecular formula is C14H14N2O2. The molecule has 0 bridgehead atoms. The van der Waals surface area contributed by atoms with Gasteiger partial charge in [-0.15, -0.1) is 0 Å². The number of azo groups is 1. The maximum absolute atomic E-state index is 11.6. The summed E-state index contributed by atoms with van der Waals surface area (Å²) in [7, 11) is 0. The first kappa shape index (κ1) is 12.1. The Morgan fingerprint density at radius 3 is 1.28 bits per heavy atom. The Bertz CT molecular complexity index is 475. The van der Waals surface area contributed by atoms with E-state index < -0.39 is 0 Å². The van der Waals surface area contributed by atoms with Crippen LogP contribution in [0.5, 0.6) is 0 Å². The van der Waals surface area contributed by atoms with E-state index in [0.717, 1.165) is 11.1 Å². The topological polar surface area (TPSA) is 52.1 Å². The van der Waals surface area contributed by atoms with Crippen LogP contribution in [0.2, 0.25) is 0 Å². The minimum absolute atomic E-state index is 0.0666. The Labute approximate surface area is 106 Å². The minimum atomic E-state index is 0.0666. The molecule has 0 aliphatic heterocycles. The van der Waals surface area contributed by atoms with Gasteiger partial charge in [0, 0.05) is 20.8 Å². The molecule has 0 saturated carbocycles. The predicted octanol–water partition coefficient (Wildman–Crippen LogP) is 2.86. The monoisotopic (exact) mass is 242 g/mol. The van der Waals surface area contributed by atoms with E-state index in [9.17, 15) is 10.4 Å². The third kappa shape index (κ3) is 3.31. The summed E-state index contributed by atoms with van der Waals surface area (Å²) in [4.78, 5) is 0.866. The third-order valence-electron chi connectivity index (χ3n) is 2.57. The fourth-order valence-corrected chi connectivity index (χ4v) is 1.64. The summed E-state index contributed by atoms with van der Waals surface area (Å²) in [6.07, 6.45) is 0. The van der Waals surface area contributed by atoms with Gasteiger partial charge in [-0.1, -0.05) is 60.7 Å². The van der Waals surface area contributed by atoms with Crippen molar-refractivity contribution in [3.8, 4) is 0 Å². The van der Waals surface area contributed by atoms with Gasteiger partial charge in [0.05, 0.1) is 0 Å². The normalized spacial score (nSPS) is 12.0. The van der Waals surface area contributed by atoms with Crippen molar-refractivity contribution < 1.29 is 9.72 Å². The van der Waals surface area contributed by atoms with Crippen molar-refractivity contribution in [1.82, 2.24) is 0 Å². The Hall–Kier alpha value is -2.36. The van der Waals surface area contributed by atoms with Gasteiger partial charge < -0.3 is 10.4 Å². The highest BCUT2D eigenvalue weighted by atomic mass is 16.6. The van der Waals surface area contributed by atoms with Crippen LogP contribution in [-0.4, -0.2) is 9.72 Å². The van der Waals surface area contributed by atoms with Gasteiger partial charge in [0.25, 0.3) is 0 Å². The van der Waals surface area contributed by atoms with Crippen molar-refractivity contribution >= 4 is 0 Å². The van der Waals surface area contributed by atoms with Crippen LogP contribution in [0.4, 0.5) is 0 Å². The second-order valence-electron chi connectivity index (χ2n) is 3.99. The molecule has 0 aliphatic rings. The molecule has 92 valence electrons. The highest BCUT2D eigenvalue weighted by Crippen LogP contribution is 2.03. The summed E-state index contributed by atoms with van der Waals surface area (Å²) in [5, 5.41) is 23.3. The Morgan fingerprint density at radius 1 is 0.611 bits per heavy atom. The van der Waals surface area contributed by atoms with E-state index in [-0.39, 0.29) is 13.1 Å². The lowest BCUT2D eigenvalue weighted by atomic mass is 10.2. The molecule has 4 nitrogen and oxygen atoms in total. The highest BCUT2D eigenvalue weighted by Gasteiger charge is 2.09. The molecule has 0 saturated heterocycles. The van der Waals surface area contributed by atoms with Crippen molar-refractivity contribution in [2.24, 2.45) is 0 Å². The number of rotatable bonds is 4. The first-order valence-corrected chi connectivity index (χ1v) is 5.73. The number of benzene rings is 2. The molecule has 0 aromatic heterocycles. The number of nitrogens with zero attached hydrogens (tertiary/aromatic N) is 2. The first-order valence-electron chi connectivity index (χ1n) is 5.73. The zero-order valence-corrected chi connectivity index (χ0v) is 9.90. The molecule has 2 aromatic rings. The van der Waals surface area contributed by atoms with Crippen molar-refractivity contribution in [2.75, 3.05) is 0 Å². The summed E-state index contributed by atoms with van der Waals surface area (Å²) in [5.74, 6) is 0. The lowest BCUT2D eigenvalue weighted by Crippen LogP contribution is -2.17. The molecule has 0 aliphatic carbocycles. The molecule has 18 heavy (non-hydrogen) atoms. The van der Waals surface area contributed by atoms with Crippen molar-refractivity contribution in [2.45, 2.75) is 13.1 Å². The quantitative estimate of drug-likeness (QED) is 0.470. The fraction of sp³-hybridized carbons (Fsp3) is 0.143. The molecule has 2 aromatic carbocycles. The fourth-order valence-electron chi connectivity index (χ4n) is 1.64. The van der Waals surface area contributed by atoms with Crippen LogP contribution in [-0.2, 0) is 13.1 Å². The summed E-state index contributed by atoms with van der Waals surface area (Å²) in [5.41, 5.74) is 1.64. The molecule has 0 amide bonds. The van der Waals surface area contributed by atoms with Crippen LogP contribution in [0.25, 0.3) is 0 Å². The van der Waals surface area contributed by atoms with Gasteiger partial charge in [0.15, 0.2) is 0 Å². The van der Waals surface area contributed by atoms with Crippen molar-refractivity contribution in [3.63, 3.8) is 0 Å². The zero-order chi connectivity index (χ0) is 12.8. The summed E-state index contributed by atoms with van der Waals surface area (Å²) < 4.78 is 0. The average Bonchev–Trinajstić information content (AvgIpc) is 2.41. The van der Waals surface area contributed by atoms with Crippen LogP contribution in [0.15, 0.2) is 60.7 Å². The number of hydroxylamine groups is 2. The Balaban J connectivity index is 2.06. The maximum Gasteiger partial charge on any atom is 0.245 e. The molecule has 0 unspecified atom stereocenters. The van der Waals surface area contributed by atoms with Gasteiger partial charge in [-0.3, -0.25) is 0 Å². The Kier molecular flexibility index (Phi) is 3.91. The molecular weight excluding hydrogens is 228 g/mol. The molecule has 0 spiro atoms. The standard InChI is InChI=1S/C14H14N2O2/c17-15(11-13-7-3-1-4-8-13)16(18)12-14-9-5-2-6-10-14/h1-10H,11-12H2/b16-15+. The molecule has 0 fully saturated rings. The average molecular weight is 242 g/mol. The molecule has 2 rings (SSSR count). The summed E-state index contributed by atoms with van der Waals surface area (Å²) in [6, 6.07) is 18.4. The SMILES string of the molecule is [O-]/[N+](Cc1ccccc1)=[N+](/[O-])Cc1ccccc1. The summed E-state index contributed by atoms with van der Waals surface area (Å²) in [6.45, 7) is 0.133. The van der Waals surface area contributed by atoms with Crippen LogP contribution in [0, 0.1) is 10.4 Å². The van der Waals surface area contributed by atoms with E-state index in [2.05, 4.69) is 0 Å². The second kappa shape index (κ2) is 5.82. The third-order valence-corrected chi connectivity index (χ3v) is 2.57. The van der Waals surface area contributed by atoms with E-state index in [0.29, 0.717) is 9.72 Å². The van der Waals surface area contributed by atoms with Crippen molar-refractivity contribution in [3.05, 3.63) is 82.2 Å². The lowest BCUT2D eigenvalue weighted by Gasteiger charge is -2.04. The second-order valence-corrected chi connectivity index (χ2v) is 3.99. The van der Waals surface area contributed by atoms with Crippen molar-refractivity contribution in [1.29, 1.82) is 0 Å². The van der Waals surface area contributed by atoms with E-state index in [1.165, 1.54) is 0 Å². The lowest BCUT2D eigenvalue weighted by molar-refractivity contribution is -0.985. The smallest absolute Gasteiger partial charge is 0.245 e. The van der Waals surface area contributed by atoms with Gasteiger partial charge in [-0.25, -0.2) is 0 Å². The molecule has 4 heteroatoms. The highest BCUT2D eigenvalue weighted by molar-refractivity contribution is 5.13. The number of hydrogen-bond acceptors (Lipinski definition) is 2. The van der Waals surface area contributed by atoms with Gasteiger partial charge in [0.1, 0.15) is 0 Å². The van der Waals surface area contributed by atoms with Gasteiger partial charge in [0.2, 0.25) is 13.1 Å². The van der Waals surface area contributed by atoms with E-state index >= 15 is 0 Å². The van der Waals surface area contributed by atoms with E-state index in [4.69, 9.17) is 0 Å². The predicted molar refractivity (Wildman–Crippen MR) is 67.5 cm³/mol. The van der Waals surface area contributed by atoms with Gasteiger partial charge in [-0.2, -0.15) is 0 Å². The van der Waals surface area contributed by atoms with Crippen LogP contribution in [0.1, 0.15) is 11.1 Å². The van der Waals surface area contributed by atoms with Crippen LogP contribution in [0.3, 0.4) is 0 Å². The zero-order valence-electron chi connectivity index (χ0n) is 9.90. The molecule has 0 radical (unpaired) electrons. The molecule has 0 N–H and O–H groups in total. The van der Waals surface area contributed by atoms with Gasteiger partial charge >= 0.3 is 0 Å². The number of hydrogen-bond donors (Lipinski definition) is 0. The van der Waals surface area contributed by atoms with E-state index in [1.54, 1.807) is 0 Å². The Morgan fingerprint density at radius 2 is 0.944 bits per heavy atom. The van der Waals surface area contributed by atoms with E-state index in [1.807, 2.05) is 60.7 Å². The molecule has 0 atom stereocenters. The maximum atomic E-state index is 11.6.